The molecule has 0 spiro atoms. The summed E-state index contributed by atoms with van der Waals surface area (Å²) in [5, 5.41) is 22.3. The molecule has 0 bridgehead atoms. The topological polar surface area (TPSA) is 130 Å². The number of benzene rings is 1. The molecule has 0 aliphatic carbocycles. The zero-order valence-electron chi connectivity index (χ0n) is 13.9. The smallest absolute Gasteiger partial charge is 0.311 e. The average Bonchev–Trinajstić information content (AvgIpc) is 2.84. The molecular formula is C16H17N3O6S. The fraction of sp³-hybridized carbons (Fsp3) is 0.312. The molecule has 1 saturated heterocycles. The lowest BCUT2D eigenvalue weighted by atomic mass is 10.1. The maximum Gasteiger partial charge on any atom is 0.311 e. The summed E-state index contributed by atoms with van der Waals surface area (Å²) in [4.78, 5) is 47.1. The van der Waals surface area contributed by atoms with E-state index in [2.05, 4.69) is 5.32 Å². The summed E-state index contributed by atoms with van der Waals surface area (Å²) < 4.78 is 0. The number of unbranched alkanes of at least 4 members (excludes halogenated alkanes) is 1. The van der Waals surface area contributed by atoms with Crippen LogP contribution in [0.4, 0.5) is 10.5 Å². The van der Waals surface area contributed by atoms with Gasteiger partial charge >= 0.3 is 5.69 Å². The number of aromatic hydroxyl groups is 1. The van der Waals surface area contributed by atoms with Crippen LogP contribution in [0.3, 0.4) is 0 Å². The van der Waals surface area contributed by atoms with Gasteiger partial charge < -0.3 is 10.4 Å². The maximum atomic E-state index is 12.3. The van der Waals surface area contributed by atoms with Gasteiger partial charge in [-0.1, -0.05) is 19.4 Å². The molecule has 0 saturated carbocycles. The van der Waals surface area contributed by atoms with E-state index in [9.17, 15) is 29.6 Å². The number of phenols is 1. The Bertz CT molecular complexity index is 792. The Hall–Kier alpha value is -2.88. The van der Waals surface area contributed by atoms with Crippen LogP contribution in [-0.4, -0.2) is 45.1 Å². The number of phenolic OH excluding ortho intramolecular Hbond substituents is 1. The molecule has 9 nitrogen and oxygen atoms in total. The number of thioether (sulfide) groups is 1. The van der Waals surface area contributed by atoms with Crippen molar-refractivity contribution >= 4 is 40.6 Å². The second-order valence-corrected chi connectivity index (χ2v) is 6.47. The van der Waals surface area contributed by atoms with Crippen LogP contribution in [0, 0.1) is 10.1 Å². The van der Waals surface area contributed by atoms with E-state index in [0.29, 0.717) is 18.3 Å². The third-order valence-corrected chi connectivity index (χ3v) is 4.43. The highest BCUT2D eigenvalue weighted by molar-refractivity contribution is 8.18. The number of nitrogens with one attached hydrogen (secondary N) is 1. The van der Waals surface area contributed by atoms with Gasteiger partial charge in [-0.3, -0.25) is 29.4 Å². The van der Waals surface area contributed by atoms with Gasteiger partial charge in [0.15, 0.2) is 5.75 Å². The molecular weight excluding hydrogens is 362 g/mol. The SMILES string of the molecule is CCCCNC(=O)CN1C(=O)S/C(=C\c2ccc(O)c([N+](=O)[O-])c2)C1=O. The first-order chi connectivity index (χ1) is 12.3. The first kappa shape index (κ1) is 19.4. The second kappa shape index (κ2) is 8.48. The van der Waals surface area contributed by atoms with Crippen LogP contribution in [0.25, 0.3) is 6.08 Å². The highest BCUT2D eigenvalue weighted by atomic mass is 32.2. The lowest BCUT2D eigenvalue weighted by Crippen LogP contribution is -2.39. The molecule has 1 fully saturated rings. The van der Waals surface area contributed by atoms with Gasteiger partial charge in [-0.2, -0.15) is 0 Å². The molecule has 2 N–H and O–H groups in total. The fourth-order valence-corrected chi connectivity index (χ4v) is 3.01. The van der Waals surface area contributed by atoms with Crippen LogP contribution in [0.1, 0.15) is 25.3 Å². The minimum absolute atomic E-state index is 0.0522. The Morgan fingerprint density at radius 1 is 1.42 bits per heavy atom. The molecule has 1 heterocycles. The molecule has 0 aromatic heterocycles. The molecule has 0 radical (unpaired) electrons. The number of imide groups is 1. The molecule has 10 heteroatoms. The van der Waals surface area contributed by atoms with Crippen molar-refractivity contribution in [1.82, 2.24) is 10.2 Å². The predicted octanol–water partition coefficient (Wildman–Crippen LogP) is 2.25. The third kappa shape index (κ3) is 4.60. The van der Waals surface area contributed by atoms with Crippen molar-refractivity contribution in [2.24, 2.45) is 0 Å². The van der Waals surface area contributed by atoms with Crippen LogP contribution in [-0.2, 0) is 9.59 Å². The highest BCUT2D eigenvalue weighted by Crippen LogP contribution is 2.33. The number of hydrogen-bond donors (Lipinski definition) is 2. The third-order valence-electron chi connectivity index (χ3n) is 3.52. The lowest BCUT2D eigenvalue weighted by molar-refractivity contribution is -0.385. The van der Waals surface area contributed by atoms with Gasteiger partial charge in [0.1, 0.15) is 6.54 Å². The zero-order valence-corrected chi connectivity index (χ0v) is 14.7. The normalized spacial score (nSPS) is 15.6. The summed E-state index contributed by atoms with van der Waals surface area (Å²) in [7, 11) is 0. The molecule has 1 aromatic carbocycles. The summed E-state index contributed by atoms with van der Waals surface area (Å²) in [5.74, 6) is -1.56. The fourth-order valence-electron chi connectivity index (χ4n) is 2.17. The molecule has 1 aromatic rings. The van der Waals surface area contributed by atoms with E-state index in [0.717, 1.165) is 29.9 Å². The number of amides is 3. The van der Waals surface area contributed by atoms with Gasteiger partial charge in [-0.05, 0) is 35.9 Å². The lowest BCUT2D eigenvalue weighted by Gasteiger charge is -2.12. The van der Waals surface area contributed by atoms with E-state index in [4.69, 9.17) is 0 Å². The largest absolute Gasteiger partial charge is 0.502 e. The van der Waals surface area contributed by atoms with Crippen LogP contribution in [0.15, 0.2) is 23.1 Å². The molecule has 2 rings (SSSR count). The van der Waals surface area contributed by atoms with E-state index >= 15 is 0 Å². The van der Waals surface area contributed by atoms with Gasteiger partial charge in [0, 0.05) is 12.6 Å². The van der Waals surface area contributed by atoms with E-state index in [1.807, 2.05) is 6.92 Å². The Morgan fingerprint density at radius 3 is 2.81 bits per heavy atom. The number of rotatable bonds is 7. The molecule has 3 amide bonds. The van der Waals surface area contributed by atoms with Gasteiger partial charge in [0.2, 0.25) is 5.91 Å². The van der Waals surface area contributed by atoms with Crippen molar-refractivity contribution in [3.8, 4) is 5.75 Å². The van der Waals surface area contributed by atoms with E-state index in [-0.39, 0.29) is 17.0 Å². The standard InChI is InChI=1S/C16H17N3O6S/c1-2-3-6-17-14(21)9-18-15(22)13(26-16(18)23)8-10-4-5-12(20)11(7-10)19(24)25/h4-5,7-8,20H,2-3,6,9H2,1H3,(H,17,21)/b13-8-. The van der Waals surface area contributed by atoms with E-state index in [1.54, 1.807) is 0 Å². The summed E-state index contributed by atoms with van der Waals surface area (Å²) >= 11 is 0.652. The number of nitro groups is 1. The highest BCUT2D eigenvalue weighted by Gasteiger charge is 2.36. The average molecular weight is 379 g/mol. The van der Waals surface area contributed by atoms with Crippen molar-refractivity contribution in [1.29, 1.82) is 0 Å². The number of nitro benzene ring substituents is 1. The van der Waals surface area contributed by atoms with Crippen molar-refractivity contribution in [2.75, 3.05) is 13.1 Å². The van der Waals surface area contributed by atoms with Crippen LogP contribution < -0.4 is 5.32 Å². The first-order valence-corrected chi connectivity index (χ1v) is 8.64. The summed E-state index contributed by atoms with van der Waals surface area (Å²) in [6.45, 7) is 2.07. The minimum atomic E-state index is -0.751. The zero-order chi connectivity index (χ0) is 19.3. The molecule has 0 unspecified atom stereocenters. The van der Waals surface area contributed by atoms with Gasteiger partial charge in [-0.25, -0.2) is 0 Å². The molecule has 1 aliphatic rings. The van der Waals surface area contributed by atoms with Crippen LogP contribution >= 0.6 is 11.8 Å². The Kier molecular flexibility index (Phi) is 6.34. The van der Waals surface area contributed by atoms with Crippen molar-refractivity contribution < 1.29 is 24.4 Å². The Labute approximate surface area is 153 Å². The van der Waals surface area contributed by atoms with Crippen molar-refractivity contribution in [3.63, 3.8) is 0 Å². The first-order valence-electron chi connectivity index (χ1n) is 7.83. The quantitative estimate of drug-likeness (QED) is 0.321. The van der Waals surface area contributed by atoms with E-state index < -0.39 is 33.4 Å². The Morgan fingerprint density at radius 2 is 2.15 bits per heavy atom. The summed E-state index contributed by atoms with van der Waals surface area (Å²) in [6.07, 6.45) is 3.02. The molecule has 1 aliphatic heterocycles. The monoisotopic (exact) mass is 379 g/mol. The summed E-state index contributed by atoms with van der Waals surface area (Å²) in [5.41, 5.74) is -0.222. The second-order valence-electron chi connectivity index (χ2n) is 5.48. The van der Waals surface area contributed by atoms with Gasteiger partial charge in [0.05, 0.1) is 9.83 Å². The molecule has 0 atom stereocenters. The number of carbonyl (C=O) groups excluding carboxylic acids is 3. The number of carbonyl (C=O) groups is 3. The minimum Gasteiger partial charge on any atom is -0.502 e. The van der Waals surface area contributed by atoms with Gasteiger partial charge in [0.25, 0.3) is 11.1 Å². The van der Waals surface area contributed by atoms with Crippen LogP contribution in [0.5, 0.6) is 5.75 Å². The van der Waals surface area contributed by atoms with Crippen LogP contribution in [0.2, 0.25) is 0 Å². The number of nitrogens with zero attached hydrogens (tertiary/aromatic N) is 2. The van der Waals surface area contributed by atoms with Crippen molar-refractivity contribution in [3.05, 3.63) is 38.8 Å². The van der Waals surface area contributed by atoms with Crippen molar-refractivity contribution in [2.45, 2.75) is 19.8 Å². The predicted molar refractivity (Wildman–Crippen MR) is 95.4 cm³/mol. The molecule has 138 valence electrons. The number of hydrogen-bond acceptors (Lipinski definition) is 7. The Balaban J connectivity index is 2.13. The molecule has 26 heavy (non-hydrogen) atoms. The van der Waals surface area contributed by atoms with E-state index in [1.165, 1.54) is 12.1 Å². The van der Waals surface area contributed by atoms with Gasteiger partial charge in [-0.15, -0.1) is 0 Å². The summed E-state index contributed by atoms with van der Waals surface area (Å²) in [6, 6.07) is 3.61. The maximum absolute atomic E-state index is 12.3.